The number of carbonyl (C=O) groups is 10. The van der Waals surface area contributed by atoms with Crippen LogP contribution in [0.15, 0.2) is 0 Å². The van der Waals surface area contributed by atoms with E-state index in [4.69, 9.17) is 34.3 Å². The van der Waals surface area contributed by atoms with E-state index in [9.17, 15) is 58.2 Å². The smallest absolute Gasteiger partial charge is 0.326 e. The Hall–Kier alpha value is -4.75. The zero-order valence-corrected chi connectivity index (χ0v) is 47.8. The second-order valence-electron chi connectivity index (χ2n) is 19.7. The van der Waals surface area contributed by atoms with Gasteiger partial charge in [0.1, 0.15) is 36.9 Å². The maximum absolute atomic E-state index is 12.4. The third-order valence-corrected chi connectivity index (χ3v) is 13.9. The van der Waals surface area contributed by atoms with Gasteiger partial charge in [-0.05, 0) is 51.4 Å². The second kappa shape index (κ2) is 51.4. The molecule has 4 amide bonds. The molecular weight excluding hydrogens is 1050 g/mol. The Morgan fingerprint density at radius 3 is 1.47 bits per heavy atom. The van der Waals surface area contributed by atoms with Crippen molar-refractivity contribution in [3.05, 3.63) is 0 Å². The minimum atomic E-state index is -1.24. The molecule has 0 aliphatic rings. The molecule has 0 radical (unpaired) electrons. The van der Waals surface area contributed by atoms with Crippen LogP contribution in [-0.4, -0.2) is 181 Å². The second-order valence-corrected chi connectivity index (χ2v) is 20.7. The maximum atomic E-state index is 12.4. The zero-order chi connectivity index (χ0) is 58.7. The van der Waals surface area contributed by atoms with E-state index >= 15 is 0 Å². The number of ether oxygens (including phenoxy) is 4. The van der Waals surface area contributed by atoms with Crippen LogP contribution in [0.5, 0.6) is 0 Å². The quantitative estimate of drug-likeness (QED) is 0.0351. The van der Waals surface area contributed by atoms with Crippen LogP contribution < -0.4 is 21.3 Å². The first kappa shape index (κ1) is 74.2. The number of hydrogen-bond acceptors (Lipinski definition) is 16. The van der Waals surface area contributed by atoms with E-state index in [1.807, 2.05) is 0 Å². The van der Waals surface area contributed by atoms with E-state index in [2.05, 4.69) is 21.3 Å². The van der Waals surface area contributed by atoms with Gasteiger partial charge in [0.05, 0.1) is 51.3 Å². The highest BCUT2D eigenvalue weighted by molar-refractivity contribution is 7.99. The average Bonchev–Trinajstić information content (AvgIpc) is 3.40. The Kier molecular flexibility index (Phi) is 48.3. The number of nitrogens with one attached hydrogen (secondary N) is 4. The van der Waals surface area contributed by atoms with Crippen molar-refractivity contribution in [1.82, 2.24) is 21.3 Å². The lowest BCUT2D eigenvalue weighted by molar-refractivity contribution is -0.145. The summed E-state index contributed by atoms with van der Waals surface area (Å²) >= 11 is 1.24. The number of hydrogen-bond donors (Lipinski definition) is 9. The molecule has 0 bridgehead atoms. The first-order valence-electron chi connectivity index (χ1n) is 28.6. The molecule has 0 rings (SSSR count). The number of aliphatic hydroxyl groups excluding tert-OH is 1. The Bertz CT molecular complexity index is 1730. The third kappa shape index (κ3) is 46.7. The van der Waals surface area contributed by atoms with Gasteiger partial charge in [0, 0.05) is 63.5 Å². The predicted octanol–water partition coefficient (Wildman–Crippen LogP) is 5.24. The highest BCUT2D eigenvalue weighted by Gasteiger charge is 2.26. The molecule has 0 aromatic carbocycles. The van der Waals surface area contributed by atoms with Crippen LogP contribution in [0.2, 0.25) is 0 Å². The Labute approximate surface area is 471 Å². The fourth-order valence-corrected chi connectivity index (χ4v) is 9.17. The number of unbranched alkanes of at least 4 members (excludes halogenated alkanes) is 16. The topological polar surface area (TPSA) is 357 Å². The zero-order valence-electron chi connectivity index (χ0n) is 47.0. The van der Waals surface area contributed by atoms with E-state index in [0.29, 0.717) is 37.9 Å². The molecule has 0 aromatic heterocycles. The van der Waals surface area contributed by atoms with Gasteiger partial charge in [0.15, 0.2) is 0 Å². The van der Waals surface area contributed by atoms with Crippen molar-refractivity contribution in [3.8, 4) is 0 Å². The van der Waals surface area contributed by atoms with Gasteiger partial charge >= 0.3 is 23.9 Å². The molecule has 24 heteroatoms. The van der Waals surface area contributed by atoms with Crippen molar-refractivity contribution in [2.45, 2.75) is 192 Å². The Balaban J connectivity index is 3.85. The van der Waals surface area contributed by atoms with E-state index < -0.39 is 66.9 Å². The average molecular weight is 1150 g/mol. The summed E-state index contributed by atoms with van der Waals surface area (Å²) in [5.41, 5.74) is 0. The minimum absolute atomic E-state index is 0.0103. The van der Waals surface area contributed by atoms with Gasteiger partial charge in [0.2, 0.25) is 23.6 Å². The summed E-state index contributed by atoms with van der Waals surface area (Å²) in [7, 11) is 0. The van der Waals surface area contributed by atoms with E-state index in [0.717, 1.165) is 38.5 Å². The van der Waals surface area contributed by atoms with Crippen LogP contribution in [0.1, 0.15) is 180 Å². The van der Waals surface area contributed by atoms with Crippen molar-refractivity contribution in [1.29, 1.82) is 0 Å². The number of amides is 4. The molecule has 0 aliphatic heterocycles. The number of aliphatic hydroxyl groups is 1. The molecule has 0 aliphatic carbocycles. The minimum Gasteiger partial charge on any atom is -0.481 e. The van der Waals surface area contributed by atoms with E-state index in [1.54, 1.807) is 6.92 Å². The van der Waals surface area contributed by atoms with Crippen molar-refractivity contribution < 1.29 is 92.4 Å². The van der Waals surface area contributed by atoms with Gasteiger partial charge in [-0.1, -0.05) is 96.8 Å². The molecule has 0 saturated carbocycles. The lowest BCUT2D eigenvalue weighted by Gasteiger charge is -2.16. The summed E-state index contributed by atoms with van der Waals surface area (Å²) in [5, 5.41) is 56.3. The number of carbonyl (C=O) groups excluding carboxylic acids is 6. The maximum Gasteiger partial charge on any atom is 0.326 e. The van der Waals surface area contributed by atoms with Crippen molar-refractivity contribution >= 4 is 70.8 Å². The number of carboxylic acid groups (broad SMARTS) is 4. The lowest BCUT2D eigenvalue weighted by atomic mass is 9.94. The highest BCUT2D eigenvalue weighted by atomic mass is 32.2. The fraction of sp³-hybridized carbons (Fsp3) is 0.818. The summed E-state index contributed by atoms with van der Waals surface area (Å²) < 4.78 is 21.4. The molecule has 456 valence electrons. The molecule has 0 spiro atoms. The van der Waals surface area contributed by atoms with Gasteiger partial charge in [-0.3, -0.25) is 38.4 Å². The van der Waals surface area contributed by atoms with Crippen molar-refractivity contribution in [2.24, 2.45) is 11.8 Å². The van der Waals surface area contributed by atoms with Crippen LogP contribution >= 0.6 is 11.8 Å². The largest absolute Gasteiger partial charge is 0.481 e. The summed E-state index contributed by atoms with van der Waals surface area (Å²) in [6.45, 7) is 1.93. The summed E-state index contributed by atoms with van der Waals surface area (Å²) in [4.78, 5) is 119. The third-order valence-electron chi connectivity index (χ3n) is 12.8. The number of thioether (sulfide) groups is 1. The molecule has 0 fully saturated rings. The van der Waals surface area contributed by atoms with Crippen LogP contribution in [0.25, 0.3) is 0 Å². The summed E-state index contributed by atoms with van der Waals surface area (Å²) in [5.74, 6) is -7.54. The van der Waals surface area contributed by atoms with Gasteiger partial charge in [-0.2, -0.15) is 11.8 Å². The molecule has 79 heavy (non-hydrogen) atoms. The predicted molar refractivity (Wildman–Crippen MR) is 295 cm³/mol. The van der Waals surface area contributed by atoms with Crippen molar-refractivity contribution in [3.63, 3.8) is 0 Å². The first-order valence-corrected chi connectivity index (χ1v) is 29.7. The van der Waals surface area contributed by atoms with Crippen LogP contribution in [0, 0.1) is 11.8 Å². The fourth-order valence-electron chi connectivity index (χ4n) is 8.06. The normalized spacial score (nSPS) is 12.7. The number of rotatable bonds is 58. The number of aliphatic carboxylic acids is 4. The molecule has 0 saturated heterocycles. The lowest BCUT2D eigenvalue weighted by Crippen LogP contribution is -2.42. The highest BCUT2D eigenvalue weighted by Crippen LogP contribution is 2.19. The number of ketones is 2. The molecule has 0 aromatic rings. The monoisotopic (exact) mass is 1150 g/mol. The first-order chi connectivity index (χ1) is 38.0. The molecule has 0 heterocycles. The van der Waals surface area contributed by atoms with Gasteiger partial charge in [-0.25, -0.2) is 9.59 Å². The summed E-state index contributed by atoms with van der Waals surface area (Å²) in [6, 6.07) is -2.28. The molecule has 0 unspecified atom stereocenters. The standard InChI is InChI=1S/C55H96N4O19S/c1-2-42(47(62)36-43(37-60)53(69)70)40-79-41-51(66)56-28-20-19-23-45(54(71)72)59-50(65)39-78-35-33-76-31-29-57-49(64)38-77-34-32-75-30-21-22-44(61)26-27-46(55(73)74)58-48(63)24-17-15-13-11-9-7-5-3-4-6-8-10-12-14-16-18-25-52(67)68/h42-43,45-46,60H,2-41H2,1H3,(H,56,66)(H,57,64)(H,58,63)(H,59,65)(H,67,68)(H,69,70)(H,71,72)(H,73,74)/t42-,43-,45-,46+/m0/s1. The number of Topliss-reactive ketones (excluding diaryl/α,β-unsaturated/α-hetero) is 2. The van der Waals surface area contributed by atoms with Gasteiger partial charge < -0.3 is 65.7 Å². The molecule has 4 atom stereocenters. The number of carboxylic acids is 4. The summed E-state index contributed by atoms with van der Waals surface area (Å²) in [6.07, 6.45) is 20.0. The molecule has 9 N–H and O–H groups in total. The molecular formula is C55H96N4O19S. The Morgan fingerprint density at radius 1 is 0.443 bits per heavy atom. The van der Waals surface area contributed by atoms with Gasteiger partial charge in [0.25, 0.3) is 0 Å². The SMILES string of the molecule is CC[C@@H](CSCC(=O)NCCCC[C@H](NC(=O)COCCOCCNC(=O)COCCOCCCC(=O)CC[C@@H](NC(=O)CCCCCCCCCCCCCCCCCCC(=O)O)C(=O)O)C(=O)O)C(=O)C[C@@H](CO)C(=O)O. The Morgan fingerprint density at radius 2 is 0.937 bits per heavy atom. The van der Waals surface area contributed by atoms with Crippen LogP contribution in [-0.2, 0) is 66.9 Å². The van der Waals surface area contributed by atoms with Crippen molar-refractivity contribution in [2.75, 3.05) is 84.1 Å². The van der Waals surface area contributed by atoms with E-state index in [-0.39, 0.29) is 139 Å². The van der Waals surface area contributed by atoms with Crippen LogP contribution in [0.3, 0.4) is 0 Å². The molecule has 23 nitrogen and oxygen atoms in total. The van der Waals surface area contributed by atoms with E-state index in [1.165, 1.54) is 69.5 Å². The van der Waals surface area contributed by atoms with Gasteiger partial charge in [-0.15, -0.1) is 0 Å². The van der Waals surface area contributed by atoms with Crippen LogP contribution in [0.4, 0.5) is 0 Å².